The molecule has 0 amide bonds. The van der Waals surface area contributed by atoms with Gasteiger partial charge < -0.3 is 14.6 Å². The Morgan fingerprint density at radius 2 is 2.10 bits per heavy atom. The minimum atomic E-state index is -0.510. The molecule has 112 valence electrons. The third-order valence-electron chi connectivity index (χ3n) is 4.07. The Balaban J connectivity index is 1.94. The smallest absolute Gasteiger partial charge is 0.0946 e. The zero-order chi connectivity index (χ0) is 14.8. The second-order valence-corrected chi connectivity index (χ2v) is 6.45. The molecule has 0 aromatic heterocycles. The van der Waals surface area contributed by atoms with Gasteiger partial charge in [0.05, 0.1) is 30.5 Å². The molecule has 4 heteroatoms. The number of hydrogen-bond acceptors (Lipinski definition) is 3. The fraction of sp³-hybridized carbons (Fsp3) is 0.625. The highest BCUT2D eigenvalue weighted by atomic mass is 35.5. The van der Waals surface area contributed by atoms with Crippen LogP contribution in [0, 0.1) is 0 Å². The first-order valence-electron chi connectivity index (χ1n) is 7.08. The molecule has 1 aromatic carbocycles. The van der Waals surface area contributed by atoms with Crippen LogP contribution in [0.3, 0.4) is 0 Å². The van der Waals surface area contributed by atoms with Gasteiger partial charge in [-0.3, -0.25) is 0 Å². The lowest BCUT2D eigenvalue weighted by Crippen LogP contribution is -2.37. The molecule has 20 heavy (non-hydrogen) atoms. The highest BCUT2D eigenvalue weighted by Gasteiger charge is 2.49. The summed E-state index contributed by atoms with van der Waals surface area (Å²) in [4.78, 5) is 0. The van der Waals surface area contributed by atoms with Crippen molar-refractivity contribution in [3.05, 3.63) is 34.9 Å². The van der Waals surface area contributed by atoms with E-state index < -0.39 is 17.3 Å². The van der Waals surface area contributed by atoms with Gasteiger partial charge in [0.1, 0.15) is 0 Å². The van der Waals surface area contributed by atoms with Crippen molar-refractivity contribution in [2.75, 3.05) is 6.61 Å². The Morgan fingerprint density at radius 1 is 1.40 bits per heavy atom. The molecule has 2 rings (SSSR count). The van der Waals surface area contributed by atoms with E-state index in [2.05, 4.69) is 6.92 Å². The van der Waals surface area contributed by atoms with E-state index in [9.17, 15) is 5.11 Å². The minimum absolute atomic E-state index is 0.399. The van der Waals surface area contributed by atoms with Crippen molar-refractivity contribution >= 4 is 11.6 Å². The maximum absolute atomic E-state index is 10.1. The number of halogens is 1. The molecule has 2 atom stereocenters. The van der Waals surface area contributed by atoms with E-state index in [4.69, 9.17) is 21.1 Å². The van der Waals surface area contributed by atoms with E-state index in [1.807, 2.05) is 38.1 Å². The van der Waals surface area contributed by atoms with E-state index in [1.165, 1.54) is 0 Å². The largest absolute Gasteiger partial charge is 0.390 e. The number of hydrogen-bond donors (Lipinski definition) is 1. The Bertz CT molecular complexity index is 461. The molecular weight excluding hydrogens is 276 g/mol. The third-order valence-corrected chi connectivity index (χ3v) is 4.44. The lowest BCUT2D eigenvalue weighted by atomic mass is 9.93. The van der Waals surface area contributed by atoms with Crippen molar-refractivity contribution in [3.8, 4) is 0 Å². The molecule has 0 aliphatic carbocycles. The van der Waals surface area contributed by atoms with E-state index in [0.29, 0.717) is 24.7 Å². The standard InChI is InChI=1S/C16H23ClO3/c1-4-16(9-14(18)15(2,3)20-16)11-19-10-12-7-5-6-8-13(12)17/h5-8,14,18H,4,9-11H2,1-3H3. The summed E-state index contributed by atoms with van der Waals surface area (Å²) in [5.74, 6) is 0. The van der Waals surface area contributed by atoms with Crippen LogP contribution in [0.5, 0.6) is 0 Å². The van der Waals surface area contributed by atoms with Gasteiger partial charge in [0.2, 0.25) is 0 Å². The van der Waals surface area contributed by atoms with Crippen LogP contribution in [-0.4, -0.2) is 29.0 Å². The zero-order valence-corrected chi connectivity index (χ0v) is 13.1. The summed E-state index contributed by atoms with van der Waals surface area (Å²) in [6, 6.07) is 7.65. The lowest BCUT2D eigenvalue weighted by molar-refractivity contribution is -0.136. The molecule has 2 unspecified atom stereocenters. The van der Waals surface area contributed by atoms with Crippen LogP contribution in [-0.2, 0) is 16.1 Å². The molecule has 0 spiro atoms. The number of ether oxygens (including phenoxy) is 2. The molecule has 1 aliphatic heterocycles. The van der Waals surface area contributed by atoms with Crippen molar-refractivity contribution in [2.24, 2.45) is 0 Å². The normalized spacial score (nSPS) is 28.8. The summed E-state index contributed by atoms with van der Waals surface area (Å²) < 4.78 is 11.9. The second kappa shape index (κ2) is 6.02. The summed E-state index contributed by atoms with van der Waals surface area (Å²) in [7, 11) is 0. The molecule has 0 bridgehead atoms. The van der Waals surface area contributed by atoms with Crippen LogP contribution in [0.25, 0.3) is 0 Å². The molecule has 1 aromatic rings. The fourth-order valence-corrected chi connectivity index (χ4v) is 2.83. The number of aliphatic hydroxyl groups is 1. The Kier molecular flexibility index (Phi) is 4.75. The Hall–Kier alpha value is -0.610. The molecule has 1 aliphatic rings. The Morgan fingerprint density at radius 3 is 2.65 bits per heavy atom. The highest BCUT2D eigenvalue weighted by Crippen LogP contribution is 2.40. The van der Waals surface area contributed by atoms with Crippen LogP contribution < -0.4 is 0 Å². The van der Waals surface area contributed by atoms with Gasteiger partial charge in [0.15, 0.2) is 0 Å². The van der Waals surface area contributed by atoms with Gasteiger partial charge in [-0.2, -0.15) is 0 Å². The fourth-order valence-electron chi connectivity index (χ4n) is 2.64. The predicted octanol–water partition coefficient (Wildman–Crippen LogP) is 3.57. The van der Waals surface area contributed by atoms with Gasteiger partial charge in [-0.25, -0.2) is 0 Å². The van der Waals surface area contributed by atoms with Crippen molar-refractivity contribution < 1.29 is 14.6 Å². The first-order chi connectivity index (χ1) is 9.38. The monoisotopic (exact) mass is 298 g/mol. The van der Waals surface area contributed by atoms with Crippen molar-refractivity contribution in [1.82, 2.24) is 0 Å². The summed E-state index contributed by atoms with van der Waals surface area (Å²) in [5, 5.41) is 10.8. The lowest BCUT2D eigenvalue weighted by Gasteiger charge is -2.30. The molecule has 1 saturated heterocycles. The second-order valence-electron chi connectivity index (χ2n) is 6.05. The molecule has 1 heterocycles. The van der Waals surface area contributed by atoms with Gasteiger partial charge >= 0.3 is 0 Å². The van der Waals surface area contributed by atoms with Crippen LogP contribution >= 0.6 is 11.6 Å². The van der Waals surface area contributed by atoms with Gasteiger partial charge in [-0.1, -0.05) is 36.7 Å². The van der Waals surface area contributed by atoms with E-state index in [1.54, 1.807) is 0 Å². The van der Waals surface area contributed by atoms with Crippen molar-refractivity contribution in [2.45, 2.75) is 57.5 Å². The van der Waals surface area contributed by atoms with E-state index in [0.717, 1.165) is 12.0 Å². The summed E-state index contributed by atoms with van der Waals surface area (Å²) in [5.41, 5.74) is 0.0618. The van der Waals surface area contributed by atoms with E-state index in [-0.39, 0.29) is 0 Å². The maximum Gasteiger partial charge on any atom is 0.0946 e. The third kappa shape index (κ3) is 3.34. The topological polar surface area (TPSA) is 38.7 Å². The maximum atomic E-state index is 10.1. The van der Waals surface area contributed by atoms with Crippen LogP contribution in [0.4, 0.5) is 0 Å². The molecule has 1 N–H and O–H groups in total. The minimum Gasteiger partial charge on any atom is -0.390 e. The van der Waals surface area contributed by atoms with Crippen LogP contribution in [0.2, 0.25) is 5.02 Å². The van der Waals surface area contributed by atoms with Gasteiger partial charge in [-0.15, -0.1) is 0 Å². The summed E-state index contributed by atoms with van der Waals surface area (Å²) in [6.45, 7) is 6.83. The number of aliphatic hydroxyl groups excluding tert-OH is 1. The van der Waals surface area contributed by atoms with Gasteiger partial charge in [-0.05, 0) is 31.9 Å². The zero-order valence-electron chi connectivity index (χ0n) is 12.4. The Labute approximate surface area is 125 Å². The summed E-state index contributed by atoms with van der Waals surface area (Å²) in [6.07, 6.45) is 0.973. The van der Waals surface area contributed by atoms with Crippen molar-refractivity contribution in [3.63, 3.8) is 0 Å². The van der Waals surface area contributed by atoms with Crippen LogP contribution in [0.15, 0.2) is 24.3 Å². The number of benzene rings is 1. The molecule has 0 radical (unpaired) electrons. The first-order valence-corrected chi connectivity index (χ1v) is 7.46. The average Bonchev–Trinajstić information content (AvgIpc) is 2.63. The van der Waals surface area contributed by atoms with Crippen LogP contribution in [0.1, 0.15) is 39.2 Å². The summed E-state index contributed by atoms with van der Waals surface area (Å²) >= 11 is 6.11. The first kappa shape index (κ1) is 15.8. The molecule has 1 fully saturated rings. The average molecular weight is 299 g/mol. The van der Waals surface area contributed by atoms with Gasteiger partial charge in [0, 0.05) is 11.4 Å². The molecule has 3 nitrogen and oxygen atoms in total. The SMILES string of the molecule is CCC1(COCc2ccccc2Cl)CC(O)C(C)(C)O1. The predicted molar refractivity (Wildman–Crippen MR) is 79.9 cm³/mol. The van der Waals surface area contributed by atoms with E-state index >= 15 is 0 Å². The quantitative estimate of drug-likeness (QED) is 0.903. The highest BCUT2D eigenvalue weighted by molar-refractivity contribution is 6.31. The van der Waals surface area contributed by atoms with Gasteiger partial charge in [0.25, 0.3) is 0 Å². The number of rotatable bonds is 5. The molecule has 0 saturated carbocycles. The van der Waals surface area contributed by atoms with Crippen molar-refractivity contribution in [1.29, 1.82) is 0 Å². The molecular formula is C16H23ClO3.